The van der Waals surface area contributed by atoms with Gasteiger partial charge in [-0.25, -0.2) is 23.7 Å². The monoisotopic (exact) mass is 529 g/mol. The zero-order valence-electron chi connectivity index (χ0n) is 21.7. The Labute approximate surface area is 225 Å². The van der Waals surface area contributed by atoms with Gasteiger partial charge in [-0.1, -0.05) is 6.07 Å². The lowest BCUT2D eigenvalue weighted by atomic mass is 9.93. The van der Waals surface area contributed by atoms with Gasteiger partial charge in [0, 0.05) is 50.1 Å². The molecule has 39 heavy (non-hydrogen) atoms. The number of hydrogen-bond donors (Lipinski definition) is 1. The van der Waals surface area contributed by atoms with Crippen LogP contribution in [0.2, 0.25) is 0 Å². The first-order valence-corrected chi connectivity index (χ1v) is 13.5. The number of halogens is 1. The van der Waals surface area contributed by atoms with E-state index in [-0.39, 0.29) is 23.6 Å². The quantitative estimate of drug-likeness (QED) is 0.425. The lowest BCUT2D eigenvalue weighted by Gasteiger charge is -2.37. The van der Waals surface area contributed by atoms with Crippen LogP contribution < -0.4 is 11.4 Å². The number of anilines is 1. The van der Waals surface area contributed by atoms with Crippen molar-refractivity contribution >= 4 is 22.8 Å². The zero-order valence-corrected chi connectivity index (χ0v) is 21.7. The molecular weight excluding hydrogens is 497 g/mol. The van der Waals surface area contributed by atoms with E-state index in [4.69, 9.17) is 5.73 Å². The Bertz CT molecular complexity index is 1530. The van der Waals surface area contributed by atoms with Crippen molar-refractivity contribution in [3.8, 4) is 5.82 Å². The summed E-state index contributed by atoms with van der Waals surface area (Å²) in [4.78, 5) is 39.7. The Morgan fingerprint density at radius 2 is 1.72 bits per heavy atom. The number of nitrogen functional groups attached to an aromatic ring is 1. The number of imidazole rings is 1. The number of benzene rings is 1. The highest BCUT2D eigenvalue weighted by molar-refractivity contribution is 5.79. The molecule has 0 bridgehead atoms. The molecule has 10 heteroatoms. The maximum absolute atomic E-state index is 14.2. The number of fused-ring (bicyclic) bond motifs is 1. The van der Waals surface area contributed by atoms with Crippen molar-refractivity contribution in [1.82, 2.24) is 28.9 Å². The van der Waals surface area contributed by atoms with Crippen LogP contribution in [0.25, 0.3) is 16.9 Å². The number of nitrogens with zero attached hydrogens (tertiary/aromatic N) is 6. The van der Waals surface area contributed by atoms with Gasteiger partial charge < -0.3 is 10.6 Å². The summed E-state index contributed by atoms with van der Waals surface area (Å²) in [7, 11) is 0. The molecule has 2 fully saturated rings. The van der Waals surface area contributed by atoms with Crippen molar-refractivity contribution in [2.24, 2.45) is 5.92 Å². The van der Waals surface area contributed by atoms with E-state index >= 15 is 0 Å². The summed E-state index contributed by atoms with van der Waals surface area (Å²) in [6.07, 6.45) is 6.37. The maximum Gasteiger partial charge on any atom is 0.335 e. The van der Waals surface area contributed by atoms with Crippen LogP contribution in [0.5, 0.6) is 0 Å². The number of likely N-dealkylation sites (tertiary alicyclic amines) is 2. The molecule has 2 aliphatic heterocycles. The van der Waals surface area contributed by atoms with Crippen molar-refractivity contribution in [1.29, 1.82) is 0 Å². The van der Waals surface area contributed by atoms with Gasteiger partial charge in [0.2, 0.25) is 5.91 Å². The second-order valence-corrected chi connectivity index (χ2v) is 10.5. The summed E-state index contributed by atoms with van der Waals surface area (Å²) in [5.41, 5.74) is 7.89. The predicted molar refractivity (Wildman–Crippen MR) is 147 cm³/mol. The first kappa shape index (κ1) is 25.2. The summed E-state index contributed by atoms with van der Waals surface area (Å²) in [6, 6.07) is 13.6. The van der Waals surface area contributed by atoms with Crippen LogP contribution in [0.1, 0.15) is 37.3 Å². The molecule has 5 heterocycles. The zero-order chi connectivity index (χ0) is 26.9. The summed E-state index contributed by atoms with van der Waals surface area (Å²) in [5, 5.41) is 0. The second-order valence-electron chi connectivity index (χ2n) is 10.5. The van der Waals surface area contributed by atoms with E-state index in [0.717, 1.165) is 38.0 Å². The molecule has 1 amide bonds. The van der Waals surface area contributed by atoms with Crippen molar-refractivity contribution < 1.29 is 9.18 Å². The van der Waals surface area contributed by atoms with Crippen LogP contribution in [-0.4, -0.2) is 61.0 Å². The molecule has 0 saturated carbocycles. The van der Waals surface area contributed by atoms with Gasteiger partial charge in [0.15, 0.2) is 0 Å². The number of rotatable bonds is 5. The molecule has 0 aliphatic carbocycles. The Hall–Kier alpha value is -4.05. The van der Waals surface area contributed by atoms with Gasteiger partial charge in [0.1, 0.15) is 17.5 Å². The smallest absolute Gasteiger partial charge is 0.335 e. The Morgan fingerprint density at radius 3 is 2.44 bits per heavy atom. The van der Waals surface area contributed by atoms with E-state index in [2.05, 4.69) is 14.9 Å². The van der Waals surface area contributed by atoms with Gasteiger partial charge in [0.05, 0.1) is 11.0 Å². The van der Waals surface area contributed by atoms with Gasteiger partial charge in [-0.3, -0.25) is 14.3 Å². The molecule has 202 valence electrons. The highest BCUT2D eigenvalue weighted by Gasteiger charge is 2.32. The molecule has 0 unspecified atom stereocenters. The number of hydrogen-bond acceptors (Lipinski definition) is 6. The van der Waals surface area contributed by atoms with Crippen LogP contribution >= 0.6 is 0 Å². The molecule has 6 rings (SSSR count). The standard InChI is InChI=1S/C29H32FN7O2/c30-22-4-5-24-25(18-22)37(27-3-1-2-11-33-27)29(39)36(24)23-9-15-35(16-10-23)28(38)21-7-13-34(14-8-21)19-20-6-12-32-26(31)17-20/h1-6,11-12,17-18,21,23H,7-10,13-16,19H2,(H2,31,32). The van der Waals surface area contributed by atoms with E-state index in [1.165, 1.54) is 16.7 Å². The minimum absolute atomic E-state index is 0.0251. The Kier molecular flexibility index (Phi) is 6.86. The lowest BCUT2D eigenvalue weighted by molar-refractivity contribution is -0.138. The van der Waals surface area contributed by atoms with E-state index < -0.39 is 5.82 Å². The minimum atomic E-state index is -0.402. The number of pyridine rings is 2. The number of aromatic nitrogens is 4. The van der Waals surface area contributed by atoms with Crippen LogP contribution in [0.15, 0.2) is 65.7 Å². The number of carbonyl (C=O) groups excluding carboxylic acids is 1. The molecule has 0 atom stereocenters. The van der Waals surface area contributed by atoms with Crippen LogP contribution in [0, 0.1) is 11.7 Å². The van der Waals surface area contributed by atoms with E-state index in [0.29, 0.717) is 48.6 Å². The molecular formula is C29H32FN7O2. The fourth-order valence-corrected chi connectivity index (χ4v) is 6.05. The topological polar surface area (TPSA) is 102 Å². The molecule has 0 radical (unpaired) electrons. The fourth-order valence-electron chi connectivity index (χ4n) is 6.05. The van der Waals surface area contributed by atoms with E-state index in [1.807, 2.05) is 17.0 Å². The SMILES string of the molecule is Nc1cc(CN2CCC(C(=O)N3CCC(n4c(=O)n(-c5ccccn5)c5cc(F)ccc54)CC3)CC2)ccn1. The molecule has 2 aliphatic rings. The first-order chi connectivity index (χ1) is 19.0. The average molecular weight is 530 g/mol. The van der Waals surface area contributed by atoms with Crippen LogP contribution in [0.3, 0.4) is 0 Å². The molecule has 9 nitrogen and oxygen atoms in total. The molecule has 1 aromatic carbocycles. The van der Waals surface area contributed by atoms with Crippen LogP contribution in [-0.2, 0) is 11.3 Å². The molecule has 2 N–H and O–H groups in total. The Morgan fingerprint density at radius 1 is 0.923 bits per heavy atom. The minimum Gasteiger partial charge on any atom is -0.384 e. The molecule has 2 saturated heterocycles. The number of amides is 1. The van der Waals surface area contributed by atoms with Gasteiger partial charge >= 0.3 is 5.69 Å². The third-order valence-corrected chi connectivity index (χ3v) is 8.04. The van der Waals surface area contributed by atoms with Gasteiger partial charge in [-0.15, -0.1) is 0 Å². The summed E-state index contributed by atoms with van der Waals surface area (Å²) < 4.78 is 17.4. The highest BCUT2D eigenvalue weighted by atomic mass is 19.1. The number of carbonyl (C=O) groups is 1. The van der Waals surface area contributed by atoms with Crippen molar-refractivity contribution in [3.63, 3.8) is 0 Å². The third-order valence-electron chi connectivity index (χ3n) is 8.04. The maximum atomic E-state index is 14.2. The number of nitrogens with two attached hydrogens (primary N) is 1. The van der Waals surface area contributed by atoms with E-state index in [9.17, 15) is 14.0 Å². The summed E-state index contributed by atoms with van der Waals surface area (Å²) in [6.45, 7) is 3.75. The Balaban J connectivity index is 1.12. The highest BCUT2D eigenvalue weighted by Crippen LogP contribution is 2.29. The van der Waals surface area contributed by atoms with Crippen molar-refractivity contribution in [2.75, 3.05) is 31.9 Å². The fraction of sp³-hybridized carbons (Fsp3) is 0.379. The summed E-state index contributed by atoms with van der Waals surface area (Å²) >= 11 is 0. The van der Waals surface area contributed by atoms with Crippen molar-refractivity contribution in [3.05, 3.63) is 82.8 Å². The normalized spacial score (nSPS) is 17.6. The molecule has 0 spiro atoms. The van der Waals surface area contributed by atoms with Gasteiger partial charge in [-0.05, 0) is 80.7 Å². The first-order valence-electron chi connectivity index (χ1n) is 13.5. The number of piperidine rings is 2. The second kappa shape index (κ2) is 10.6. The predicted octanol–water partition coefficient (Wildman–Crippen LogP) is 3.38. The third kappa shape index (κ3) is 5.04. The molecule has 3 aromatic heterocycles. The van der Waals surface area contributed by atoms with Crippen LogP contribution in [0.4, 0.5) is 10.2 Å². The lowest BCUT2D eigenvalue weighted by Crippen LogP contribution is -2.46. The molecule has 4 aromatic rings. The van der Waals surface area contributed by atoms with Crippen molar-refractivity contribution in [2.45, 2.75) is 38.3 Å². The summed E-state index contributed by atoms with van der Waals surface area (Å²) in [5.74, 6) is 0.823. The van der Waals surface area contributed by atoms with Gasteiger partial charge in [0.25, 0.3) is 0 Å². The largest absolute Gasteiger partial charge is 0.384 e. The van der Waals surface area contributed by atoms with Gasteiger partial charge in [-0.2, -0.15) is 0 Å². The van der Waals surface area contributed by atoms with E-state index in [1.54, 1.807) is 41.2 Å². The average Bonchev–Trinajstić information content (AvgIpc) is 3.24.